The van der Waals surface area contributed by atoms with E-state index in [9.17, 15) is 27.9 Å². The molecule has 0 amide bonds. The molecular weight excluding hydrogens is 437 g/mol. The number of alkyl halides is 3. The second-order valence-corrected chi connectivity index (χ2v) is 10.1. The van der Waals surface area contributed by atoms with Crippen LogP contribution in [0.3, 0.4) is 0 Å². The number of aromatic nitrogens is 4. The van der Waals surface area contributed by atoms with E-state index in [-0.39, 0.29) is 25.4 Å². The number of fused-ring (bicyclic) bond motifs is 1. The SMILES string of the molecule is Cn1c(=O)n(CCCCC(C)(O)C(F)(F)F)c(=O)c2c1ncn2C1CC1C1CCCCCC1. The van der Waals surface area contributed by atoms with Gasteiger partial charge in [0.05, 0.1) is 6.33 Å². The number of hydrogen-bond donors (Lipinski definition) is 1. The number of aliphatic hydroxyl groups is 1. The molecule has 0 bridgehead atoms. The summed E-state index contributed by atoms with van der Waals surface area (Å²) >= 11 is 0. The van der Waals surface area contributed by atoms with Gasteiger partial charge in [-0.05, 0) is 44.4 Å². The van der Waals surface area contributed by atoms with Gasteiger partial charge in [0, 0.05) is 19.6 Å². The van der Waals surface area contributed by atoms with Crippen molar-refractivity contribution < 1.29 is 18.3 Å². The third-order valence-electron chi connectivity index (χ3n) is 7.63. The molecule has 0 saturated heterocycles. The maximum absolute atomic E-state index is 13.3. The van der Waals surface area contributed by atoms with E-state index in [1.807, 2.05) is 4.57 Å². The van der Waals surface area contributed by atoms with E-state index in [2.05, 4.69) is 4.98 Å². The zero-order chi connectivity index (χ0) is 24.0. The van der Waals surface area contributed by atoms with Crippen molar-refractivity contribution >= 4 is 11.2 Å². The average molecular weight is 471 g/mol. The Balaban J connectivity index is 1.53. The van der Waals surface area contributed by atoms with Gasteiger partial charge in [-0.25, -0.2) is 9.78 Å². The van der Waals surface area contributed by atoms with Crippen LogP contribution in [0.15, 0.2) is 15.9 Å². The van der Waals surface area contributed by atoms with Gasteiger partial charge in [0.25, 0.3) is 5.56 Å². The Bertz CT molecular complexity index is 1110. The van der Waals surface area contributed by atoms with Crippen LogP contribution in [0.4, 0.5) is 13.2 Å². The molecule has 7 nitrogen and oxygen atoms in total. The highest BCUT2D eigenvalue weighted by Gasteiger charge is 2.49. The van der Waals surface area contributed by atoms with Gasteiger partial charge < -0.3 is 9.67 Å². The standard InChI is InChI=1S/C23H33F3N4O3/c1-22(33,23(24,25)26)11-7-8-12-29-20(31)18-19(28(2)21(29)32)27-14-30(18)17-13-16(17)15-9-5-3-4-6-10-15/h14-17,33H,3-13H2,1-2H3. The Morgan fingerprint density at radius 2 is 1.79 bits per heavy atom. The molecule has 0 aliphatic heterocycles. The lowest BCUT2D eigenvalue weighted by atomic mass is 9.94. The van der Waals surface area contributed by atoms with Crippen LogP contribution in [0.25, 0.3) is 11.2 Å². The zero-order valence-electron chi connectivity index (χ0n) is 19.3. The van der Waals surface area contributed by atoms with Crippen LogP contribution < -0.4 is 11.2 Å². The first-order chi connectivity index (χ1) is 15.5. The Hall–Kier alpha value is -2.10. The predicted molar refractivity (Wildman–Crippen MR) is 118 cm³/mol. The zero-order valence-corrected chi connectivity index (χ0v) is 19.3. The molecule has 2 aliphatic carbocycles. The Kier molecular flexibility index (Phi) is 6.50. The highest BCUT2D eigenvalue weighted by atomic mass is 19.4. The lowest BCUT2D eigenvalue weighted by molar-refractivity contribution is -0.255. The quantitative estimate of drug-likeness (QED) is 0.491. The maximum Gasteiger partial charge on any atom is 0.416 e. The smallest absolute Gasteiger partial charge is 0.381 e. The molecule has 184 valence electrons. The van der Waals surface area contributed by atoms with Crippen LogP contribution >= 0.6 is 0 Å². The Morgan fingerprint density at radius 3 is 2.42 bits per heavy atom. The van der Waals surface area contributed by atoms with E-state index in [0.717, 1.165) is 17.9 Å². The van der Waals surface area contributed by atoms with Crippen LogP contribution in [-0.4, -0.2) is 35.6 Å². The van der Waals surface area contributed by atoms with Gasteiger partial charge in [-0.3, -0.25) is 13.9 Å². The van der Waals surface area contributed by atoms with Gasteiger partial charge in [-0.2, -0.15) is 13.2 Å². The third-order valence-corrected chi connectivity index (χ3v) is 7.63. The maximum atomic E-state index is 13.3. The van der Waals surface area contributed by atoms with Gasteiger partial charge >= 0.3 is 11.9 Å². The highest BCUT2D eigenvalue weighted by molar-refractivity contribution is 5.70. The summed E-state index contributed by atoms with van der Waals surface area (Å²) in [5.41, 5.74) is -3.03. The lowest BCUT2D eigenvalue weighted by Gasteiger charge is -2.26. The number of hydrogen-bond acceptors (Lipinski definition) is 4. The van der Waals surface area contributed by atoms with Crippen molar-refractivity contribution in [1.82, 2.24) is 18.7 Å². The van der Waals surface area contributed by atoms with Crippen molar-refractivity contribution in [1.29, 1.82) is 0 Å². The monoisotopic (exact) mass is 470 g/mol. The molecule has 3 atom stereocenters. The van der Waals surface area contributed by atoms with Gasteiger partial charge in [0.15, 0.2) is 16.8 Å². The summed E-state index contributed by atoms with van der Waals surface area (Å²) in [6.07, 6.45) is 5.17. The lowest BCUT2D eigenvalue weighted by Crippen LogP contribution is -2.42. The first kappa shape index (κ1) is 24.0. The van der Waals surface area contributed by atoms with Gasteiger partial charge in [0.1, 0.15) is 0 Å². The normalized spacial score (nSPS) is 24.1. The van der Waals surface area contributed by atoms with E-state index in [1.54, 1.807) is 13.4 Å². The van der Waals surface area contributed by atoms with Crippen LogP contribution in [0, 0.1) is 11.8 Å². The molecule has 0 spiro atoms. The molecule has 2 heterocycles. The summed E-state index contributed by atoms with van der Waals surface area (Å²) in [4.78, 5) is 30.4. The fourth-order valence-corrected chi connectivity index (χ4v) is 5.38. The predicted octanol–water partition coefficient (Wildman–Crippen LogP) is 3.91. The first-order valence-corrected chi connectivity index (χ1v) is 12.0. The summed E-state index contributed by atoms with van der Waals surface area (Å²) in [6.45, 7) is 0.737. The van der Waals surface area contributed by atoms with Gasteiger partial charge in [-0.1, -0.05) is 38.5 Å². The summed E-state index contributed by atoms with van der Waals surface area (Å²) in [6, 6.07) is 0.207. The van der Waals surface area contributed by atoms with Crippen LogP contribution in [0.2, 0.25) is 0 Å². The van der Waals surface area contributed by atoms with Gasteiger partial charge in [0.2, 0.25) is 0 Å². The minimum atomic E-state index is -4.72. The largest absolute Gasteiger partial charge is 0.416 e. The number of halogens is 3. The molecule has 2 saturated carbocycles. The molecule has 10 heteroatoms. The summed E-state index contributed by atoms with van der Waals surface area (Å²) in [7, 11) is 1.56. The number of aryl methyl sites for hydroxylation is 1. The minimum Gasteiger partial charge on any atom is -0.381 e. The topological polar surface area (TPSA) is 82.0 Å². The van der Waals surface area contributed by atoms with Crippen LogP contribution in [0.5, 0.6) is 0 Å². The molecular formula is C23H33F3N4O3. The first-order valence-electron chi connectivity index (χ1n) is 12.0. The van der Waals surface area contributed by atoms with Crippen molar-refractivity contribution in [3.8, 4) is 0 Å². The fraction of sp³-hybridized carbons (Fsp3) is 0.783. The number of rotatable bonds is 7. The van der Waals surface area contributed by atoms with E-state index in [4.69, 9.17) is 0 Å². The summed E-state index contributed by atoms with van der Waals surface area (Å²) in [5, 5.41) is 9.60. The van der Waals surface area contributed by atoms with Crippen LogP contribution in [0.1, 0.15) is 77.2 Å². The third kappa shape index (κ3) is 4.63. The fourth-order valence-electron chi connectivity index (χ4n) is 5.38. The number of imidazole rings is 1. The molecule has 33 heavy (non-hydrogen) atoms. The van der Waals surface area contributed by atoms with E-state index in [0.29, 0.717) is 23.0 Å². The molecule has 2 fully saturated rings. The molecule has 2 aromatic heterocycles. The summed E-state index contributed by atoms with van der Waals surface area (Å²) < 4.78 is 42.9. The van der Waals surface area contributed by atoms with Crippen molar-refractivity contribution in [2.24, 2.45) is 18.9 Å². The molecule has 4 rings (SSSR count). The second-order valence-electron chi connectivity index (χ2n) is 10.1. The second kappa shape index (κ2) is 8.92. The molecule has 1 N–H and O–H groups in total. The number of unbranched alkanes of at least 4 members (excludes halogenated alkanes) is 1. The molecule has 2 aromatic rings. The number of nitrogens with zero attached hydrogens (tertiary/aromatic N) is 4. The molecule has 0 aromatic carbocycles. The van der Waals surface area contributed by atoms with E-state index < -0.39 is 29.4 Å². The Morgan fingerprint density at radius 1 is 1.12 bits per heavy atom. The van der Waals surface area contributed by atoms with Crippen molar-refractivity contribution in [3.05, 3.63) is 27.2 Å². The summed E-state index contributed by atoms with van der Waals surface area (Å²) in [5.74, 6) is 1.18. The molecule has 2 aliphatic rings. The average Bonchev–Trinajstić information content (AvgIpc) is 3.47. The Labute approximate surface area is 190 Å². The van der Waals surface area contributed by atoms with Crippen LogP contribution in [-0.2, 0) is 13.6 Å². The van der Waals surface area contributed by atoms with Crippen molar-refractivity contribution in [2.45, 2.75) is 95.5 Å². The van der Waals surface area contributed by atoms with Crippen molar-refractivity contribution in [2.75, 3.05) is 0 Å². The highest BCUT2D eigenvalue weighted by Crippen LogP contribution is 2.52. The van der Waals surface area contributed by atoms with E-state index >= 15 is 0 Å². The minimum absolute atomic E-state index is 0.00269. The molecule has 0 radical (unpaired) electrons. The van der Waals surface area contributed by atoms with E-state index in [1.165, 1.54) is 43.1 Å². The van der Waals surface area contributed by atoms with Gasteiger partial charge in [-0.15, -0.1) is 0 Å². The molecule has 3 unspecified atom stereocenters. The van der Waals surface area contributed by atoms with Crippen molar-refractivity contribution in [3.63, 3.8) is 0 Å².